The average Bonchev–Trinajstić information content (AvgIpc) is 3.45. The Hall–Kier alpha value is -3.49. The van der Waals surface area contributed by atoms with Crippen LogP contribution in [-0.4, -0.2) is 26.3 Å². The first-order valence-electron chi connectivity index (χ1n) is 9.45. The number of hydrogen-bond acceptors (Lipinski definition) is 5. The van der Waals surface area contributed by atoms with Crippen LogP contribution in [0.1, 0.15) is 16.8 Å². The van der Waals surface area contributed by atoms with E-state index in [9.17, 15) is 9.59 Å². The Morgan fingerprint density at radius 1 is 1.10 bits per heavy atom. The summed E-state index contributed by atoms with van der Waals surface area (Å²) in [4.78, 5) is 33.2. The highest BCUT2D eigenvalue weighted by molar-refractivity contribution is 7.14. The van der Waals surface area contributed by atoms with Crippen LogP contribution in [0.15, 0.2) is 72.6 Å². The molecule has 0 saturated heterocycles. The summed E-state index contributed by atoms with van der Waals surface area (Å²) in [5.74, 6) is -0.440. The molecule has 31 heavy (non-hydrogen) atoms. The molecule has 7 nitrogen and oxygen atoms in total. The Balaban J connectivity index is 1.37. The maximum atomic E-state index is 12.6. The van der Waals surface area contributed by atoms with Crippen LogP contribution in [0.3, 0.4) is 0 Å². The van der Waals surface area contributed by atoms with E-state index in [1.807, 2.05) is 22.1 Å². The van der Waals surface area contributed by atoms with E-state index in [0.29, 0.717) is 34.4 Å². The summed E-state index contributed by atoms with van der Waals surface area (Å²) in [6, 6.07) is 14.1. The van der Waals surface area contributed by atoms with Gasteiger partial charge >= 0.3 is 0 Å². The first-order chi connectivity index (χ1) is 15.1. The molecule has 0 spiro atoms. The van der Waals surface area contributed by atoms with Crippen molar-refractivity contribution in [2.75, 3.05) is 10.6 Å². The number of thiazole rings is 1. The van der Waals surface area contributed by atoms with Gasteiger partial charge in [0.1, 0.15) is 0 Å². The van der Waals surface area contributed by atoms with E-state index in [1.165, 1.54) is 11.3 Å². The number of nitrogens with zero attached hydrogens (tertiary/aromatic N) is 3. The zero-order chi connectivity index (χ0) is 21.6. The Morgan fingerprint density at radius 3 is 2.71 bits per heavy atom. The zero-order valence-electron chi connectivity index (χ0n) is 16.3. The van der Waals surface area contributed by atoms with Crippen LogP contribution in [0.2, 0.25) is 5.02 Å². The van der Waals surface area contributed by atoms with Crippen molar-refractivity contribution in [2.24, 2.45) is 0 Å². The minimum atomic E-state index is -0.300. The summed E-state index contributed by atoms with van der Waals surface area (Å²) in [6.45, 7) is 0.534. The van der Waals surface area contributed by atoms with Crippen LogP contribution in [0.4, 0.5) is 10.8 Å². The molecule has 0 bridgehead atoms. The SMILES string of the molecule is O=C(CCn1ccnc1)Nc1cccc(C(=O)Nc2nc(-c3ccc(Cl)cc3)cs2)c1. The van der Waals surface area contributed by atoms with Crippen molar-refractivity contribution in [1.82, 2.24) is 14.5 Å². The van der Waals surface area contributed by atoms with Crippen molar-refractivity contribution in [1.29, 1.82) is 0 Å². The van der Waals surface area contributed by atoms with Gasteiger partial charge in [-0.1, -0.05) is 29.8 Å². The van der Waals surface area contributed by atoms with Gasteiger partial charge in [-0.2, -0.15) is 0 Å². The highest BCUT2D eigenvalue weighted by Crippen LogP contribution is 2.26. The number of carbonyl (C=O) groups excluding carboxylic acids is 2. The molecule has 4 rings (SSSR count). The monoisotopic (exact) mass is 451 g/mol. The standard InChI is InChI=1S/C22H18ClN5O2S/c23-17-6-4-15(5-7-17)19-13-31-22(26-19)27-21(30)16-2-1-3-18(12-16)25-20(29)8-10-28-11-9-24-14-28/h1-7,9,11-14H,8,10H2,(H,25,29)(H,26,27,30). The number of carbonyl (C=O) groups is 2. The number of amides is 2. The summed E-state index contributed by atoms with van der Waals surface area (Å²) >= 11 is 7.26. The minimum absolute atomic E-state index is 0.140. The number of anilines is 2. The summed E-state index contributed by atoms with van der Waals surface area (Å²) < 4.78 is 1.83. The number of aryl methyl sites for hydroxylation is 1. The summed E-state index contributed by atoms with van der Waals surface area (Å²) in [5, 5.41) is 8.64. The molecule has 0 unspecified atom stereocenters. The average molecular weight is 452 g/mol. The lowest BCUT2D eigenvalue weighted by Crippen LogP contribution is -2.15. The van der Waals surface area contributed by atoms with Crippen LogP contribution < -0.4 is 10.6 Å². The van der Waals surface area contributed by atoms with E-state index in [0.717, 1.165) is 11.3 Å². The lowest BCUT2D eigenvalue weighted by Gasteiger charge is -2.08. The topological polar surface area (TPSA) is 88.9 Å². The maximum Gasteiger partial charge on any atom is 0.257 e. The van der Waals surface area contributed by atoms with Gasteiger partial charge < -0.3 is 9.88 Å². The largest absolute Gasteiger partial charge is 0.337 e. The molecule has 2 heterocycles. The molecule has 2 amide bonds. The van der Waals surface area contributed by atoms with Crippen molar-refractivity contribution >= 4 is 45.6 Å². The molecule has 0 atom stereocenters. The molecule has 4 aromatic rings. The second-order valence-corrected chi connectivity index (χ2v) is 7.97. The lowest BCUT2D eigenvalue weighted by atomic mass is 10.2. The van der Waals surface area contributed by atoms with Crippen molar-refractivity contribution in [2.45, 2.75) is 13.0 Å². The highest BCUT2D eigenvalue weighted by Gasteiger charge is 2.12. The fourth-order valence-electron chi connectivity index (χ4n) is 2.87. The predicted octanol–water partition coefficient (Wildman–Crippen LogP) is 4.94. The molecular formula is C22H18ClN5O2S. The maximum absolute atomic E-state index is 12.6. The normalized spacial score (nSPS) is 10.6. The van der Waals surface area contributed by atoms with Crippen molar-refractivity contribution in [3.8, 4) is 11.3 Å². The van der Waals surface area contributed by atoms with Gasteiger partial charge in [-0.05, 0) is 30.3 Å². The van der Waals surface area contributed by atoms with Crippen molar-refractivity contribution in [3.05, 3.63) is 83.2 Å². The minimum Gasteiger partial charge on any atom is -0.337 e. The third-order valence-electron chi connectivity index (χ3n) is 4.43. The molecule has 0 aliphatic carbocycles. The quantitative estimate of drug-likeness (QED) is 0.416. The Morgan fingerprint density at radius 2 is 1.94 bits per heavy atom. The fraction of sp³-hybridized carbons (Fsp3) is 0.0909. The second kappa shape index (κ2) is 9.55. The summed E-state index contributed by atoms with van der Waals surface area (Å²) in [5.41, 5.74) is 2.66. The van der Waals surface area contributed by atoms with E-state index >= 15 is 0 Å². The second-order valence-electron chi connectivity index (χ2n) is 6.68. The van der Waals surface area contributed by atoms with Crippen molar-refractivity contribution in [3.63, 3.8) is 0 Å². The Bertz CT molecular complexity index is 1190. The molecule has 2 aromatic heterocycles. The lowest BCUT2D eigenvalue weighted by molar-refractivity contribution is -0.116. The molecule has 9 heteroatoms. The molecular weight excluding hydrogens is 434 g/mol. The first kappa shape index (κ1) is 20.8. The molecule has 2 aromatic carbocycles. The summed E-state index contributed by atoms with van der Waals surface area (Å²) in [7, 11) is 0. The third-order valence-corrected chi connectivity index (χ3v) is 5.44. The van der Waals surface area contributed by atoms with Gasteiger partial charge in [0, 0.05) is 52.6 Å². The van der Waals surface area contributed by atoms with Crippen LogP contribution >= 0.6 is 22.9 Å². The van der Waals surface area contributed by atoms with Crippen LogP contribution in [0, 0.1) is 0 Å². The van der Waals surface area contributed by atoms with Crippen LogP contribution in [-0.2, 0) is 11.3 Å². The van der Waals surface area contributed by atoms with E-state index < -0.39 is 0 Å². The number of imidazole rings is 1. The number of rotatable bonds is 7. The molecule has 156 valence electrons. The number of aromatic nitrogens is 3. The molecule has 0 radical (unpaired) electrons. The van der Waals surface area contributed by atoms with E-state index in [2.05, 4.69) is 20.6 Å². The van der Waals surface area contributed by atoms with Gasteiger partial charge in [-0.3, -0.25) is 14.9 Å². The first-order valence-corrected chi connectivity index (χ1v) is 10.7. The molecule has 0 saturated carbocycles. The zero-order valence-corrected chi connectivity index (χ0v) is 17.9. The van der Waals surface area contributed by atoms with Gasteiger partial charge in [-0.15, -0.1) is 11.3 Å². The molecule has 0 fully saturated rings. The highest BCUT2D eigenvalue weighted by atomic mass is 35.5. The van der Waals surface area contributed by atoms with Crippen LogP contribution in [0.5, 0.6) is 0 Å². The Labute approximate surface area is 187 Å². The molecule has 0 aliphatic heterocycles. The molecule has 0 aliphatic rings. The molecule has 2 N–H and O–H groups in total. The van der Waals surface area contributed by atoms with Gasteiger partial charge in [0.05, 0.1) is 12.0 Å². The third kappa shape index (κ3) is 5.56. The number of halogens is 1. The number of benzene rings is 2. The van der Waals surface area contributed by atoms with Crippen LogP contribution in [0.25, 0.3) is 11.3 Å². The number of hydrogen-bond donors (Lipinski definition) is 2. The number of nitrogens with one attached hydrogen (secondary N) is 2. The van der Waals surface area contributed by atoms with E-state index in [1.54, 1.807) is 55.1 Å². The Kier molecular flexibility index (Phi) is 6.40. The fourth-order valence-corrected chi connectivity index (χ4v) is 3.71. The van der Waals surface area contributed by atoms with Gasteiger partial charge in [-0.25, -0.2) is 9.97 Å². The predicted molar refractivity (Wildman–Crippen MR) is 122 cm³/mol. The van der Waals surface area contributed by atoms with Crippen molar-refractivity contribution < 1.29 is 9.59 Å². The van der Waals surface area contributed by atoms with E-state index in [-0.39, 0.29) is 11.8 Å². The van der Waals surface area contributed by atoms with Gasteiger partial charge in [0.2, 0.25) is 5.91 Å². The van der Waals surface area contributed by atoms with E-state index in [4.69, 9.17) is 11.6 Å². The summed E-state index contributed by atoms with van der Waals surface area (Å²) in [6.07, 6.45) is 5.44. The van der Waals surface area contributed by atoms with Gasteiger partial charge in [0.25, 0.3) is 5.91 Å². The smallest absolute Gasteiger partial charge is 0.257 e. The van der Waals surface area contributed by atoms with Gasteiger partial charge in [0.15, 0.2) is 5.13 Å².